The average Bonchev–Trinajstić information content (AvgIpc) is 2.87. The van der Waals surface area contributed by atoms with Gasteiger partial charge < -0.3 is 15.0 Å². The number of fused-ring (bicyclic) bond motifs is 1. The van der Waals surface area contributed by atoms with Gasteiger partial charge in [-0.3, -0.25) is 4.79 Å². The molecule has 0 bridgehead atoms. The van der Waals surface area contributed by atoms with E-state index in [1.54, 1.807) is 0 Å². The second kappa shape index (κ2) is 8.45. The van der Waals surface area contributed by atoms with Crippen molar-refractivity contribution < 1.29 is 9.53 Å². The SMILES string of the molecule is COC(=O)CCNC1CCCN(c2nc(C)c3ccc(C)cc3n2)CC1. The summed E-state index contributed by atoms with van der Waals surface area (Å²) in [6.45, 7) is 6.70. The van der Waals surface area contributed by atoms with Crippen molar-refractivity contribution in [3.05, 3.63) is 29.5 Å². The number of methoxy groups -OCH3 is 1. The molecule has 140 valence electrons. The molecule has 0 saturated carbocycles. The normalized spacial score (nSPS) is 18.0. The molecule has 2 heterocycles. The molecule has 0 aliphatic carbocycles. The van der Waals surface area contributed by atoms with Crippen molar-refractivity contribution in [1.29, 1.82) is 0 Å². The van der Waals surface area contributed by atoms with Gasteiger partial charge in [-0.2, -0.15) is 0 Å². The van der Waals surface area contributed by atoms with E-state index in [1.807, 2.05) is 0 Å². The zero-order valence-electron chi connectivity index (χ0n) is 15.9. The number of nitrogens with one attached hydrogen (secondary N) is 1. The molecule has 1 aromatic heterocycles. The fourth-order valence-electron chi connectivity index (χ4n) is 3.51. The van der Waals surface area contributed by atoms with Gasteiger partial charge in [0.25, 0.3) is 0 Å². The molecular formula is C20H28N4O2. The van der Waals surface area contributed by atoms with Crippen LogP contribution < -0.4 is 10.2 Å². The molecule has 1 aliphatic heterocycles. The van der Waals surface area contributed by atoms with Crippen LogP contribution in [0, 0.1) is 13.8 Å². The van der Waals surface area contributed by atoms with Gasteiger partial charge in [0.2, 0.25) is 5.95 Å². The highest BCUT2D eigenvalue weighted by Gasteiger charge is 2.19. The number of aromatic nitrogens is 2. The highest BCUT2D eigenvalue weighted by Crippen LogP contribution is 2.22. The zero-order chi connectivity index (χ0) is 18.5. The van der Waals surface area contributed by atoms with Crippen molar-refractivity contribution in [3.8, 4) is 0 Å². The molecule has 0 radical (unpaired) electrons. The lowest BCUT2D eigenvalue weighted by Crippen LogP contribution is -2.33. The van der Waals surface area contributed by atoms with Gasteiger partial charge >= 0.3 is 5.97 Å². The van der Waals surface area contributed by atoms with Crippen molar-refractivity contribution in [2.75, 3.05) is 31.6 Å². The zero-order valence-corrected chi connectivity index (χ0v) is 15.9. The van der Waals surface area contributed by atoms with E-state index in [-0.39, 0.29) is 5.97 Å². The molecular weight excluding hydrogens is 328 g/mol. The number of hydrogen-bond donors (Lipinski definition) is 1. The van der Waals surface area contributed by atoms with Gasteiger partial charge in [0, 0.05) is 31.1 Å². The minimum Gasteiger partial charge on any atom is -0.469 e. The third-order valence-corrected chi connectivity index (χ3v) is 5.03. The Morgan fingerprint density at radius 1 is 1.27 bits per heavy atom. The van der Waals surface area contributed by atoms with E-state index in [0.29, 0.717) is 19.0 Å². The average molecular weight is 356 g/mol. The van der Waals surface area contributed by atoms with E-state index in [2.05, 4.69) is 42.3 Å². The van der Waals surface area contributed by atoms with Crippen molar-refractivity contribution >= 4 is 22.8 Å². The highest BCUT2D eigenvalue weighted by atomic mass is 16.5. The standard InChI is InChI=1S/C20H28N4O2/c1-14-6-7-17-15(2)22-20(23-18(17)13-14)24-11-4-5-16(9-12-24)21-10-8-19(25)26-3/h6-7,13,16,21H,4-5,8-12H2,1-3H3. The summed E-state index contributed by atoms with van der Waals surface area (Å²) in [7, 11) is 1.43. The van der Waals surface area contributed by atoms with Gasteiger partial charge in [-0.15, -0.1) is 0 Å². The predicted molar refractivity (Wildman–Crippen MR) is 103 cm³/mol. The van der Waals surface area contributed by atoms with Crippen LogP contribution in [0.2, 0.25) is 0 Å². The number of carbonyl (C=O) groups excluding carboxylic acids is 1. The molecule has 1 saturated heterocycles. The third-order valence-electron chi connectivity index (χ3n) is 5.03. The van der Waals surface area contributed by atoms with Crippen molar-refractivity contribution in [2.24, 2.45) is 0 Å². The molecule has 0 spiro atoms. The molecule has 1 fully saturated rings. The van der Waals surface area contributed by atoms with E-state index < -0.39 is 0 Å². The van der Waals surface area contributed by atoms with Gasteiger partial charge in [0.05, 0.1) is 24.7 Å². The topological polar surface area (TPSA) is 67.3 Å². The maximum atomic E-state index is 11.2. The Balaban J connectivity index is 1.65. The van der Waals surface area contributed by atoms with Crippen LogP contribution in [0.5, 0.6) is 0 Å². The monoisotopic (exact) mass is 356 g/mol. The molecule has 6 heteroatoms. The Kier molecular flexibility index (Phi) is 6.04. The number of anilines is 1. The second-order valence-electron chi connectivity index (χ2n) is 7.02. The van der Waals surface area contributed by atoms with Gasteiger partial charge in [0.1, 0.15) is 0 Å². The summed E-state index contributed by atoms with van der Waals surface area (Å²) < 4.78 is 4.69. The van der Waals surface area contributed by atoms with E-state index >= 15 is 0 Å². The Hall–Kier alpha value is -2.21. The van der Waals surface area contributed by atoms with Crippen LogP contribution in [0.4, 0.5) is 5.95 Å². The number of ether oxygens (including phenoxy) is 1. The molecule has 1 atom stereocenters. The Morgan fingerprint density at radius 3 is 2.92 bits per heavy atom. The first-order chi connectivity index (χ1) is 12.6. The Bertz CT molecular complexity index is 778. The number of esters is 1. The minimum atomic E-state index is -0.164. The molecule has 3 rings (SSSR count). The number of nitrogens with zero attached hydrogens (tertiary/aromatic N) is 3. The first-order valence-corrected chi connectivity index (χ1v) is 9.37. The summed E-state index contributed by atoms with van der Waals surface area (Å²) in [4.78, 5) is 23.1. The van der Waals surface area contributed by atoms with E-state index in [0.717, 1.165) is 54.9 Å². The summed E-state index contributed by atoms with van der Waals surface area (Å²) in [5.41, 5.74) is 3.26. The van der Waals surface area contributed by atoms with Gasteiger partial charge in [-0.1, -0.05) is 12.1 Å². The molecule has 0 amide bonds. The smallest absolute Gasteiger partial charge is 0.306 e. The predicted octanol–water partition coefficient (Wildman–Crippen LogP) is 2.76. The largest absolute Gasteiger partial charge is 0.469 e. The lowest BCUT2D eigenvalue weighted by Gasteiger charge is -2.21. The molecule has 1 N–H and O–H groups in total. The molecule has 1 aromatic carbocycles. The number of benzene rings is 1. The first kappa shape index (κ1) is 18.6. The first-order valence-electron chi connectivity index (χ1n) is 9.37. The Morgan fingerprint density at radius 2 is 2.12 bits per heavy atom. The number of carbonyl (C=O) groups is 1. The molecule has 2 aromatic rings. The maximum absolute atomic E-state index is 11.2. The number of rotatable bonds is 5. The van der Waals surface area contributed by atoms with Crippen molar-refractivity contribution in [2.45, 2.75) is 45.6 Å². The third kappa shape index (κ3) is 4.49. The fourth-order valence-corrected chi connectivity index (χ4v) is 3.51. The van der Waals surface area contributed by atoms with Crippen molar-refractivity contribution in [3.63, 3.8) is 0 Å². The summed E-state index contributed by atoms with van der Waals surface area (Å²) in [5.74, 6) is 0.666. The van der Waals surface area contributed by atoms with E-state index in [1.165, 1.54) is 12.7 Å². The number of hydrogen-bond acceptors (Lipinski definition) is 6. The fraction of sp³-hybridized carbons (Fsp3) is 0.550. The van der Waals surface area contributed by atoms with Gasteiger partial charge in [-0.25, -0.2) is 9.97 Å². The summed E-state index contributed by atoms with van der Waals surface area (Å²) in [6, 6.07) is 6.76. The summed E-state index contributed by atoms with van der Waals surface area (Å²) in [6.07, 6.45) is 3.63. The lowest BCUT2D eigenvalue weighted by molar-refractivity contribution is -0.140. The van der Waals surface area contributed by atoms with Crippen LogP contribution >= 0.6 is 0 Å². The minimum absolute atomic E-state index is 0.164. The summed E-state index contributed by atoms with van der Waals surface area (Å²) in [5, 5.41) is 4.60. The number of aryl methyl sites for hydroxylation is 2. The Labute approximate surface area is 155 Å². The quantitative estimate of drug-likeness (QED) is 0.831. The molecule has 6 nitrogen and oxygen atoms in total. The highest BCUT2D eigenvalue weighted by molar-refractivity contribution is 5.82. The van der Waals surface area contributed by atoms with Gasteiger partial charge in [-0.05, 0) is 44.7 Å². The molecule has 1 aliphatic rings. The van der Waals surface area contributed by atoms with Crippen LogP contribution in [-0.2, 0) is 9.53 Å². The van der Waals surface area contributed by atoms with Crippen LogP contribution in [0.15, 0.2) is 18.2 Å². The van der Waals surface area contributed by atoms with Crippen LogP contribution in [0.25, 0.3) is 10.9 Å². The van der Waals surface area contributed by atoms with Crippen LogP contribution in [-0.4, -0.2) is 48.7 Å². The maximum Gasteiger partial charge on any atom is 0.306 e. The van der Waals surface area contributed by atoms with E-state index in [9.17, 15) is 4.79 Å². The van der Waals surface area contributed by atoms with Gasteiger partial charge in [0.15, 0.2) is 0 Å². The van der Waals surface area contributed by atoms with E-state index in [4.69, 9.17) is 14.7 Å². The van der Waals surface area contributed by atoms with Crippen LogP contribution in [0.1, 0.15) is 36.9 Å². The molecule has 1 unspecified atom stereocenters. The van der Waals surface area contributed by atoms with Crippen LogP contribution in [0.3, 0.4) is 0 Å². The summed E-state index contributed by atoms with van der Waals surface area (Å²) >= 11 is 0. The molecule has 26 heavy (non-hydrogen) atoms. The second-order valence-corrected chi connectivity index (χ2v) is 7.02. The lowest BCUT2D eigenvalue weighted by atomic mass is 10.1. The van der Waals surface area contributed by atoms with Crippen molar-refractivity contribution in [1.82, 2.24) is 15.3 Å².